The first kappa shape index (κ1) is 64.8. The van der Waals surface area contributed by atoms with Gasteiger partial charge in [-0.2, -0.15) is 13.2 Å². The van der Waals surface area contributed by atoms with Crippen LogP contribution in [-0.2, 0) is 4.79 Å². The SMILES string of the molecule is CC.CC.CCC/C=C(NCCCN(C(=O)CC)C(CCC)CCC)/C(=C\N=C(C)N=C(N)/C(=C\NC(CCC)CCCCC)CC)C(F)(F)F.CCCCCC(C)CCC. The molecule has 0 heterocycles. The second-order valence-corrected chi connectivity index (χ2v) is 15.6. The molecule has 4 N–H and O–H groups in total. The van der Waals surface area contributed by atoms with E-state index in [4.69, 9.17) is 5.73 Å². The molecule has 0 aromatic rings. The highest BCUT2D eigenvalue weighted by Crippen LogP contribution is 2.31. The Morgan fingerprint density at radius 3 is 1.75 bits per heavy atom. The molecule has 0 fully saturated rings. The third-order valence-corrected chi connectivity index (χ3v) is 10.2. The molecular formula is C51H101F3N6O. The Kier molecular flexibility index (Phi) is 48.1. The van der Waals surface area contributed by atoms with Crippen LogP contribution in [-0.4, -0.2) is 53.8 Å². The minimum absolute atomic E-state index is 0.0109. The minimum Gasteiger partial charge on any atom is -0.388 e. The zero-order valence-corrected chi connectivity index (χ0v) is 42.7. The van der Waals surface area contributed by atoms with Crippen LogP contribution >= 0.6 is 0 Å². The van der Waals surface area contributed by atoms with Gasteiger partial charge in [-0.1, -0.05) is 186 Å². The van der Waals surface area contributed by atoms with E-state index in [1.54, 1.807) is 13.0 Å². The lowest BCUT2D eigenvalue weighted by molar-refractivity contribution is -0.133. The van der Waals surface area contributed by atoms with Crippen LogP contribution < -0.4 is 16.4 Å². The molecule has 0 aromatic heterocycles. The maximum atomic E-state index is 14.4. The van der Waals surface area contributed by atoms with Crippen molar-refractivity contribution in [2.24, 2.45) is 21.6 Å². The van der Waals surface area contributed by atoms with E-state index in [9.17, 15) is 18.0 Å². The van der Waals surface area contributed by atoms with Gasteiger partial charge in [-0.3, -0.25) is 4.79 Å². The number of aliphatic imine (C=N–C) groups is 2. The first-order valence-electron chi connectivity index (χ1n) is 25.1. The fourth-order valence-electron chi connectivity index (χ4n) is 6.86. The number of hydrogen-bond donors (Lipinski definition) is 3. The Bertz CT molecular complexity index is 1160. The van der Waals surface area contributed by atoms with Gasteiger partial charge in [-0.05, 0) is 57.8 Å². The maximum absolute atomic E-state index is 14.4. The van der Waals surface area contributed by atoms with E-state index in [-0.39, 0.29) is 29.3 Å². The van der Waals surface area contributed by atoms with Crippen LogP contribution in [0, 0.1) is 5.92 Å². The van der Waals surface area contributed by atoms with Crippen molar-refractivity contribution >= 4 is 17.6 Å². The van der Waals surface area contributed by atoms with Crippen molar-refractivity contribution < 1.29 is 18.0 Å². The van der Waals surface area contributed by atoms with Gasteiger partial charge in [-0.25, -0.2) is 9.98 Å². The van der Waals surface area contributed by atoms with Crippen molar-refractivity contribution in [3.8, 4) is 0 Å². The summed E-state index contributed by atoms with van der Waals surface area (Å²) in [6, 6.07) is 0.504. The van der Waals surface area contributed by atoms with Crippen LogP contribution in [0.25, 0.3) is 0 Å². The van der Waals surface area contributed by atoms with Crippen molar-refractivity contribution in [3.05, 3.63) is 35.3 Å². The van der Waals surface area contributed by atoms with Crippen molar-refractivity contribution in [2.75, 3.05) is 13.1 Å². The number of carbonyl (C=O) groups is 1. The molecule has 2 atom stereocenters. The van der Waals surface area contributed by atoms with Gasteiger partial charge < -0.3 is 21.3 Å². The van der Waals surface area contributed by atoms with Gasteiger partial charge in [0, 0.05) is 55.3 Å². The third kappa shape index (κ3) is 35.4. The molecule has 0 aliphatic carbocycles. The maximum Gasteiger partial charge on any atom is 0.419 e. The van der Waals surface area contributed by atoms with E-state index in [0.717, 1.165) is 69.1 Å². The van der Waals surface area contributed by atoms with Crippen LogP contribution in [0.3, 0.4) is 0 Å². The average molecular weight is 871 g/mol. The molecule has 10 heteroatoms. The second kappa shape index (κ2) is 45.3. The standard InChI is InChI=1S/C37H67F3N6O.C10H22.2C2H6/c1-9-16-18-23-31(20-11-3)44-27-30(14-6)36(41)45-29(8)43-28-33(37(38,39)40)34(24-17-10-2)42-25-19-26-46(35(47)15-7)32(21-12-4)22-13-5;1-4-6-7-9-10(3)8-5-2;2*1-2/h24,27-28,31-32,42,44H,9-23,25-26H2,1-8H3,(H2,41,43,45);10H,4-9H2,1-3H3;2*1-2H3/b30-27-,33-28+,34-24-;;;. The largest absolute Gasteiger partial charge is 0.419 e. The molecule has 0 saturated carbocycles. The molecule has 0 rings (SSSR count). The monoisotopic (exact) mass is 871 g/mol. The van der Waals surface area contributed by atoms with E-state index in [0.29, 0.717) is 51.2 Å². The Morgan fingerprint density at radius 1 is 0.721 bits per heavy atom. The summed E-state index contributed by atoms with van der Waals surface area (Å²) in [6.07, 6.45) is 21.4. The van der Waals surface area contributed by atoms with Crippen molar-refractivity contribution in [2.45, 2.75) is 257 Å². The molecule has 2 unspecified atom stereocenters. The van der Waals surface area contributed by atoms with Gasteiger partial charge in [-0.15, -0.1) is 0 Å². The summed E-state index contributed by atoms with van der Waals surface area (Å²) in [5, 5.41) is 6.50. The van der Waals surface area contributed by atoms with Crippen LogP contribution in [0.1, 0.15) is 239 Å². The average Bonchev–Trinajstić information content (AvgIpc) is 3.23. The van der Waals surface area contributed by atoms with Gasteiger partial charge in [0.05, 0.1) is 5.57 Å². The number of amidine groups is 2. The fraction of sp³-hybridized carbons (Fsp3) is 0.824. The number of nitrogens with two attached hydrogens (primary N) is 1. The topological polar surface area (TPSA) is 95.1 Å². The van der Waals surface area contributed by atoms with Gasteiger partial charge in [0.2, 0.25) is 5.91 Å². The van der Waals surface area contributed by atoms with Crippen LogP contribution in [0.4, 0.5) is 13.2 Å². The number of carbonyl (C=O) groups excluding carboxylic acids is 1. The second-order valence-electron chi connectivity index (χ2n) is 15.6. The van der Waals surface area contributed by atoms with E-state index in [1.807, 2.05) is 59.6 Å². The van der Waals surface area contributed by atoms with Crippen LogP contribution in [0.2, 0.25) is 0 Å². The van der Waals surface area contributed by atoms with E-state index in [2.05, 4.69) is 69.1 Å². The van der Waals surface area contributed by atoms with Gasteiger partial charge >= 0.3 is 6.18 Å². The van der Waals surface area contributed by atoms with E-state index >= 15 is 0 Å². The molecule has 0 spiro atoms. The van der Waals surface area contributed by atoms with E-state index < -0.39 is 11.7 Å². The molecule has 61 heavy (non-hydrogen) atoms. The highest BCUT2D eigenvalue weighted by Gasteiger charge is 2.36. The van der Waals surface area contributed by atoms with Gasteiger partial charge in [0.1, 0.15) is 11.7 Å². The summed E-state index contributed by atoms with van der Waals surface area (Å²) in [7, 11) is 0. The molecule has 0 radical (unpaired) electrons. The molecule has 0 aromatic carbocycles. The smallest absolute Gasteiger partial charge is 0.388 e. The number of nitrogens with one attached hydrogen (secondary N) is 2. The minimum atomic E-state index is -4.63. The summed E-state index contributed by atoms with van der Waals surface area (Å²) >= 11 is 0. The fourth-order valence-corrected chi connectivity index (χ4v) is 6.86. The lowest BCUT2D eigenvalue weighted by atomic mass is 9.99. The summed E-state index contributed by atoms with van der Waals surface area (Å²) in [6.45, 7) is 31.6. The number of rotatable bonds is 31. The highest BCUT2D eigenvalue weighted by molar-refractivity contribution is 6.04. The first-order chi connectivity index (χ1) is 29.2. The van der Waals surface area contributed by atoms with Crippen LogP contribution in [0.5, 0.6) is 0 Å². The molecule has 1 amide bonds. The Hall–Kier alpha value is -2.78. The number of nitrogens with zero attached hydrogens (tertiary/aromatic N) is 3. The van der Waals surface area contributed by atoms with Crippen LogP contribution in [0.15, 0.2) is 45.3 Å². The molecular weight excluding hydrogens is 770 g/mol. The number of unbranched alkanes of at least 4 members (excludes halogenated alkanes) is 5. The number of halogens is 3. The number of allylic oxidation sites excluding steroid dienone is 2. The Morgan fingerprint density at radius 2 is 1.28 bits per heavy atom. The number of hydrogen-bond acceptors (Lipinski definition) is 4. The molecule has 0 bridgehead atoms. The summed E-state index contributed by atoms with van der Waals surface area (Å²) in [5.41, 5.74) is 6.21. The third-order valence-electron chi connectivity index (χ3n) is 10.2. The molecule has 0 aliphatic heterocycles. The predicted molar refractivity (Wildman–Crippen MR) is 265 cm³/mol. The molecule has 7 nitrogen and oxygen atoms in total. The molecule has 0 aliphatic rings. The Labute approximate surface area is 377 Å². The normalized spacial score (nSPS) is 13.6. The van der Waals surface area contributed by atoms with Gasteiger partial charge in [0.25, 0.3) is 0 Å². The molecule has 362 valence electrons. The van der Waals surface area contributed by atoms with Crippen molar-refractivity contribution in [3.63, 3.8) is 0 Å². The zero-order valence-electron chi connectivity index (χ0n) is 42.7. The molecule has 0 saturated heterocycles. The number of amides is 1. The highest BCUT2D eigenvalue weighted by atomic mass is 19.4. The summed E-state index contributed by atoms with van der Waals surface area (Å²) in [5.74, 6) is 1.43. The first-order valence-corrected chi connectivity index (χ1v) is 25.1. The number of alkyl halides is 3. The van der Waals surface area contributed by atoms with Crippen molar-refractivity contribution in [1.29, 1.82) is 0 Å². The predicted octanol–water partition coefficient (Wildman–Crippen LogP) is 15.8. The summed E-state index contributed by atoms with van der Waals surface area (Å²) in [4.78, 5) is 23.1. The van der Waals surface area contributed by atoms with Crippen molar-refractivity contribution in [1.82, 2.24) is 15.5 Å². The van der Waals surface area contributed by atoms with Gasteiger partial charge in [0.15, 0.2) is 0 Å². The zero-order chi connectivity index (χ0) is 47.5. The lowest BCUT2D eigenvalue weighted by Gasteiger charge is -2.32. The lowest BCUT2D eigenvalue weighted by Crippen LogP contribution is -2.41. The quantitative estimate of drug-likeness (QED) is 0.0280. The Balaban J connectivity index is -0.000000996. The van der Waals surface area contributed by atoms with E-state index in [1.165, 1.54) is 51.4 Å². The summed E-state index contributed by atoms with van der Waals surface area (Å²) < 4.78 is 43.1.